The summed E-state index contributed by atoms with van der Waals surface area (Å²) in [7, 11) is 0. The highest BCUT2D eigenvalue weighted by Crippen LogP contribution is 2.27. The lowest BCUT2D eigenvalue weighted by Gasteiger charge is -2.19. The summed E-state index contributed by atoms with van der Waals surface area (Å²) in [6, 6.07) is 26.1. The second kappa shape index (κ2) is 7.57. The fourth-order valence-electron chi connectivity index (χ4n) is 2.51. The van der Waals surface area contributed by atoms with Crippen LogP contribution in [0.25, 0.3) is 0 Å². The summed E-state index contributed by atoms with van der Waals surface area (Å²) < 4.78 is 5.78. The highest BCUT2D eigenvalue weighted by atomic mass is 16.5. The van der Waals surface area contributed by atoms with E-state index in [-0.39, 0.29) is 6.61 Å². The summed E-state index contributed by atoms with van der Waals surface area (Å²) in [6.07, 6.45) is -0.461. The number of esters is 1. The third-order valence-electron chi connectivity index (χ3n) is 3.80. The van der Waals surface area contributed by atoms with E-state index in [2.05, 4.69) is 0 Å². The van der Waals surface area contributed by atoms with E-state index in [1.807, 2.05) is 60.7 Å². The molecular formula is C21H18O3. The molecule has 0 saturated heterocycles. The van der Waals surface area contributed by atoms with E-state index in [0.29, 0.717) is 5.56 Å². The normalized spacial score (nSPS) is 10.6. The summed E-state index contributed by atoms with van der Waals surface area (Å²) in [6.45, 7) is -0.0496. The third kappa shape index (κ3) is 3.70. The Morgan fingerprint density at radius 1 is 0.792 bits per heavy atom. The average molecular weight is 318 g/mol. The minimum absolute atomic E-state index is 0.0496. The molecule has 0 heterocycles. The number of carbonyl (C=O) groups excluding carboxylic acids is 1. The van der Waals surface area contributed by atoms with Crippen molar-refractivity contribution in [2.24, 2.45) is 0 Å². The average Bonchev–Trinajstić information content (AvgIpc) is 2.67. The number of hydrogen-bond acceptors (Lipinski definition) is 3. The Morgan fingerprint density at radius 2 is 1.29 bits per heavy atom. The third-order valence-corrected chi connectivity index (χ3v) is 3.80. The number of benzene rings is 3. The molecule has 0 atom stereocenters. The van der Waals surface area contributed by atoms with Crippen LogP contribution in [-0.2, 0) is 11.3 Å². The number of rotatable bonds is 5. The first-order valence-corrected chi connectivity index (χ1v) is 7.78. The second-order valence-electron chi connectivity index (χ2n) is 5.46. The SMILES string of the molecule is O=C(OC(c1ccccc1)c1ccccc1)c1ccc(CO)cc1. The van der Waals surface area contributed by atoms with E-state index in [1.165, 1.54) is 0 Å². The quantitative estimate of drug-likeness (QED) is 0.720. The number of carbonyl (C=O) groups is 1. The van der Waals surface area contributed by atoms with Crippen LogP contribution in [0.4, 0.5) is 0 Å². The fraction of sp³-hybridized carbons (Fsp3) is 0.0952. The number of aliphatic hydroxyl groups excluding tert-OH is 1. The van der Waals surface area contributed by atoms with Gasteiger partial charge in [-0.05, 0) is 28.8 Å². The van der Waals surface area contributed by atoms with Crippen molar-refractivity contribution >= 4 is 5.97 Å². The van der Waals surface area contributed by atoms with Crippen molar-refractivity contribution in [1.29, 1.82) is 0 Å². The van der Waals surface area contributed by atoms with Crippen LogP contribution in [0.2, 0.25) is 0 Å². The van der Waals surface area contributed by atoms with Crippen molar-refractivity contribution in [2.75, 3.05) is 0 Å². The van der Waals surface area contributed by atoms with Crippen LogP contribution < -0.4 is 0 Å². The van der Waals surface area contributed by atoms with Crippen LogP contribution in [0.1, 0.15) is 33.2 Å². The summed E-state index contributed by atoms with van der Waals surface area (Å²) in [5.74, 6) is -0.391. The van der Waals surface area contributed by atoms with Crippen molar-refractivity contribution in [3.8, 4) is 0 Å². The van der Waals surface area contributed by atoms with Crippen molar-refractivity contribution < 1.29 is 14.6 Å². The van der Waals surface area contributed by atoms with Gasteiger partial charge in [0.15, 0.2) is 6.10 Å². The molecule has 0 aliphatic rings. The molecule has 0 aliphatic carbocycles. The van der Waals surface area contributed by atoms with Gasteiger partial charge in [-0.2, -0.15) is 0 Å². The van der Waals surface area contributed by atoms with Gasteiger partial charge >= 0.3 is 5.97 Å². The zero-order valence-electron chi connectivity index (χ0n) is 13.1. The predicted octanol–water partition coefficient (Wildman–Crippen LogP) is 4.13. The Bertz CT molecular complexity index is 741. The van der Waals surface area contributed by atoms with Crippen LogP contribution in [0.5, 0.6) is 0 Å². The van der Waals surface area contributed by atoms with Crippen LogP contribution in [-0.4, -0.2) is 11.1 Å². The molecule has 0 amide bonds. The topological polar surface area (TPSA) is 46.5 Å². The number of ether oxygens (including phenoxy) is 1. The Hall–Kier alpha value is -2.91. The van der Waals surface area contributed by atoms with Gasteiger partial charge in [0.1, 0.15) is 0 Å². The highest BCUT2D eigenvalue weighted by Gasteiger charge is 2.19. The Labute approximate surface area is 141 Å². The van der Waals surface area contributed by atoms with Crippen LogP contribution in [0, 0.1) is 0 Å². The van der Waals surface area contributed by atoms with E-state index in [4.69, 9.17) is 9.84 Å². The Balaban J connectivity index is 1.87. The molecule has 0 bridgehead atoms. The molecule has 0 fully saturated rings. The molecule has 3 aromatic rings. The van der Waals surface area contributed by atoms with Gasteiger partial charge in [0.25, 0.3) is 0 Å². The molecule has 3 rings (SSSR count). The molecule has 24 heavy (non-hydrogen) atoms. The lowest BCUT2D eigenvalue weighted by atomic mass is 10.0. The largest absolute Gasteiger partial charge is 0.449 e. The Morgan fingerprint density at radius 3 is 1.75 bits per heavy atom. The van der Waals surface area contributed by atoms with E-state index in [9.17, 15) is 4.79 Å². The van der Waals surface area contributed by atoms with Gasteiger partial charge in [0.05, 0.1) is 12.2 Å². The molecule has 3 aromatic carbocycles. The fourth-order valence-corrected chi connectivity index (χ4v) is 2.51. The zero-order valence-corrected chi connectivity index (χ0v) is 13.1. The van der Waals surface area contributed by atoms with Gasteiger partial charge in [0.2, 0.25) is 0 Å². The molecule has 3 nitrogen and oxygen atoms in total. The van der Waals surface area contributed by atoms with Gasteiger partial charge in [-0.25, -0.2) is 4.79 Å². The molecule has 0 radical (unpaired) electrons. The molecule has 0 spiro atoms. The second-order valence-corrected chi connectivity index (χ2v) is 5.46. The Kier molecular flexibility index (Phi) is 5.04. The van der Waals surface area contributed by atoms with Gasteiger partial charge in [0, 0.05) is 0 Å². The van der Waals surface area contributed by atoms with Crippen molar-refractivity contribution in [3.63, 3.8) is 0 Å². The van der Waals surface area contributed by atoms with Gasteiger partial charge in [-0.1, -0.05) is 72.8 Å². The van der Waals surface area contributed by atoms with Gasteiger partial charge in [-0.15, -0.1) is 0 Å². The summed E-state index contributed by atoms with van der Waals surface area (Å²) >= 11 is 0. The molecule has 3 heteroatoms. The zero-order chi connectivity index (χ0) is 16.8. The van der Waals surface area contributed by atoms with Crippen LogP contribution in [0.3, 0.4) is 0 Å². The van der Waals surface area contributed by atoms with Crippen molar-refractivity contribution in [3.05, 3.63) is 107 Å². The molecular weight excluding hydrogens is 300 g/mol. The predicted molar refractivity (Wildman–Crippen MR) is 92.5 cm³/mol. The molecule has 0 saturated carbocycles. The van der Waals surface area contributed by atoms with Gasteiger partial charge in [-0.3, -0.25) is 0 Å². The number of hydrogen-bond donors (Lipinski definition) is 1. The lowest BCUT2D eigenvalue weighted by molar-refractivity contribution is 0.0378. The monoisotopic (exact) mass is 318 g/mol. The van der Waals surface area contributed by atoms with E-state index in [0.717, 1.165) is 16.7 Å². The number of aliphatic hydroxyl groups is 1. The first-order chi connectivity index (χ1) is 11.8. The molecule has 120 valence electrons. The van der Waals surface area contributed by atoms with Crippen molar-refractivity contribution in [2.45, 2.75) is 12.7 Å². The minimum atomic E-state index is -0.461. The maximum absolute atomic E-state index is 12.5. The first kappa shape index (κ1) is 16.0. The molecule has 0 unspecified atom stereocenters. The maximum Gasteiger partial charge on any atom is 0.339 e. The molecule has 0 aliphatic heterocycles. The van der Waals surface area contributed by atoms with E-state index >= 15 is 0 Å². The molecule has 1 N–H and O–H groups in total. The smallest absolute Gasteiger partial charge is 0.339 e. The van der Waals surface area contributed by atoms with Crippen LogP contribution >= 0.6 is 0 Å². The van der Waals surface area contributed by atoms with Crippen LogP contribution in [0.15, 0.2) is 84.9 Å². The van der Waals surface area contributed by atoms with Gasteiger partial charge < -0.3 is 9.84 Å². The van der Waals surface area contributed by atoms with E-state index < -0.39 is 12.1 Å². The standard InChI is InChI=1S/C21H18O3/c22-15-16-11-13-19(14-12-16)21(23)24-20(17-7-3-1-4-8-17)18-9-5-2-6-10-18/h1-14,20,22H,15H2. The summed E-state index contributed by atoms with van der Waals surface area (Å²) in [4.78, 5) is 12.5. The first-order valence-electron chi connectivity index (χ1n) is 7.78. The van der Waals surface area contributed by atoms with E-state index in [1.54, 1.807) is 24.3 Å². The lowest BCUT2D eigenvalue weighted by Crippen LogP contribution is -2.13. The van der Waals surface area contributed by atoms with Crippen molar-refractivity contribution in [1.82, 2.24) is 0 Å². The molecule has 0 aromatic heterocycles. The minimum Gasteiger partial charge on any atom is -0.449 e. The summed E-state index contributed by atoms with van der Waals surface area (Å²) in [5.41, 5.74) is 3.06. The maximum atomic E-state index is 12.5. The summed E-state index contributed by atoms with van der Waals surface area (Å²) in [5, 5.41) is 9.09. The highest BCUT2D eigenvalue weighted by molar-refractivity contribution is 5.89.